The SMILES string of the molecule is COc1cc2cc(c1Cl)N(C)C(=O)C[C@H](OC(=O)[C@H](C)N(C)C(=O)CC[SiH3])C1(C)OC1[C@H](C)C1CC(O)(NC(=O)O1)C(OC)/C=C/C=C(\C)C2. The number of nitrogens with zero attached hydrogens (tertiary/aromatic N) is 2. The van der Waals surface area contributed by atoms with Crippen molar-refractivity contribution in [3.8, 4) is 5.75 Å². The zero-order valence-corrected chi connectivity index (χ0v) is 33.0. The van der Waals surface area contributed by atoms with Gasteiger partial charge in [-0.2, -0.15) is 0 Å². The first-order chi connectivity index (χ1) is 23.5. The fraction of sp³-hybridized carbons (Fsp3) is 0.600. The molecule has 0 spiro atoms. The van der Waals surface area contributed by atoms with Gasteiger partial charge in [-0.3, -0.25) is 14.9 Å². The van der Waals surface area contributed by atoms with Gasteiger partial charge in [-0.25, -0.2) is 9.59 Å². The number of ether oxygens (including phenoxy) is 5. The molecule has 3 heterocycles. The summed E-state index contributed by atoms with van der Waals surface area (Å²) < 4.78 is 29.1. The first-order valence-electron chi connectivity index (χ1n) is 16.8. The minimum atomic E-state index is -1.81. The molecule has 1 aromatic rings. The number of fused-ring (bicyclic) bond motifs is 5. The molecule has 13 nitrogen and oxygen atoms in total. The lowest BCUT2D eigenvalue weighted by Gasteiger charge is -2.42. The lowest BCUT2D eigenvalue weighted by Crippen LogP contribution is -2.63. The van der Waals surface area contributed by atoms with Crippen molar-refractivity contribution >= 4 is 51.4 Å². The molecule has 2 saturated heterocycles. The molecule has 0 aromatic heterocycles. The molecule has 4 rings (SSSR count). The third kappa shape index (κ3) is 8.36. The third-order valence-electron chi connectivity index (χ3n) is 9.99. The number of epoxide rings is 1. The Hall–Kier alpha value is -3.43. The molecular weight excluding hydrogens is 686 g/mol. The van der Waals surface area contributed by atoms with E-state index < -0.39 is 65.7 Å². The Bertz CT molecular complexity index is 1540. The van der Waals surface area contributed by atoms with Gasteiger partial charge in [0.2, 0.25) is 11.8 Å². The Morgan fingerprint density at radius 1 is 1.28 bits per heavy atom. The number of aliphatic hydroxyl groups is 1. The molecule has 8 atom stereocenters. The summed E-state index contributed by atoms with van der Waals surface area (Å²) in [4.78, 5) is 55.8. The Balaban J connectivity index is 1.78. The molecular formula is C35H50ClN3O10Si. The number of methoxy groups -OCH3 is 2. The average molecular weight is 736 g/mol. The molecule has 3 aliphatic rings. The zero-order chi connectivity index (χ0) is 37.1. The topological polar surface area (TPSA) is 156 Å². The first-order valence-corrected chi connectivity index (χ1v) is 18.6. The molecule has 3 amide bonds. The zero-order valence-electron chi connectivity index (χ0n) is 30.3. The van der Waals surface area contributed by atoms with Crippen molar-refractivity contribution < 1.29 is 48.0 Å². The van der Waals surface area contributed by atoms with E-state index in [0.717, 1.165) is 27.4 Å². The van der Waals surface area contributed by atoms with Crippen LogP contribution < -0.4 is 15.0 Å². The Kier molecular flexibility index (Phi) is 12.5. The first kappa shape index (κ1) is 39.4. The fourth-order valence-corrected chi connectivity index (χ4v) is 7.35. The van der Waals surface area contributed by atoms with Gasteiger partial charge in [0.25, 0.3) is 0 Å². The molecule has 1 aromatic carbocycles. The average Bonchev–Trinajstić information content (AvgIpc) is 3.76. The van der Waals surface area contributed by atoms with Crippen LogP contribution in [0.4, 0.5) is 10.5 Å². The number of nitrogens with one attached hydrogen (secondary N) is 1. The summed E-state index contributed by atoms with van der Waals surface area (Å²) in [6.45, 7) is 7.03. The van der Waals surface area contributed by atoms with E-state index in [0.29, 0.717) is 24.3 Å². The van der Waals surface area contributed by atoms with Crippen molar-refractivity contribution in [2.75, 3.05) is 33.2 Å². The van der Waals surface area contributed by atoms with Gasteiger partial charge < -0.3 is 38.6 Å². The van der Waals surface area contributed by atoms with E-state index in [1.807, 2.05) is 13.0 Å². The molecule has 2 N–H and O–H groups in total. The number of hydrogen-bond donors (Lipinski definition) is 2. The number of alkyl carbamates (subject to hydrolysis) is 1. The van der Waals surface area contributed by atoms with Crippen LogP contribution in [0.2, 0.25) is 11.1 Å². The number of likely N-dealkylation sites (N-methyl/N-ethyl adjacent to an activating group) is 1. The Labute approximate surface area is 301 Å². The number of esters is 1. The summed E-state index contributed by atoms with van der Waals surface area (Å²) in [6.07, 6.45) is 1.39. The van der Waals surface area contributed by atoms with Crippen LogP contribution in [0, 0.1) is 5.92 Å². The van der Waals surface area contributed by atoms with Gasteiger partial charge in [-0.05, 0) is 44.9 Å². The molecule has 0 radical (unpaired) electrons. The molecule has 2 fully saturated rings. The van der Waals surface area contributed by atoms with Crippen LogP contribution >= 0.6 is 11.6 Å². The standard InChI is InChI=1S/C35H50ClN3O10Si/c1-19-10-9-11-26(46-8)35(44)18-25(47-33(43)37-35)20(2)31-34(4,49-31)27(48-32(42)21(3)38(5)28(40)12-13-50)17-29(41)39(6)23-15-22(14-19)16-24(45-7)30(23)36/h9-11,15-16,20-21,25-27,31,44H,12-14,17-18H2,1-8,50H3,(H,37,43)/b11-9+,19-10+/t20-,21+,25?,26?,27+,31?,34?,35?/m1/s1. The van der Waals surface area contributed by atoms with Gasteiger partial charge in [-0.15, -0.1) is 0 Å². The van der Waals surface area contributed by atoms with Crippen LogP contribution in [-0.4, -0.2) is 114 Å². The van der Waals surface area contributed by atoms with E-state index in [4.69, 9.17) is 35.3 Å². The largest absolute Gasteiger partial charge is 0.495 e. The summed E-state index contributed by atoms with van der Waals surface area (Å²) in [5.41, 5.74) is -0.853. The molecule has 276 valence electrons. The highest BCUT2D eigenvalue weighted by Crippen LogP contribution is 2.49. The van der Waals surface area contributed by atoms with E-state index in [2.05, 4.69) is 5.32 Å². The second kappa shape index (κ2) is 15.8. The summed E-state index contributed by atoms with van der Waals surface area (Å²) >= 11 is 6.74. The van der Waals surface area contributed by atoms with Crippen molar-refractivity contribution in [1.82, 2.24) is 10.2 Å². The van der Waals surface area contributed by atoms with Gasteiger partial charge in [-0.1, -0.05) is 48.4 Å². The minimum absolute atomic E-state index is 0.0398. The van der Waals surface area contributed by atoms with Crippen LogP contribution in [0.25, 0.3) is 0 Å². The van der Waals surface area contributed by atoms with E-state index in [1.54, 1.807) is 59.2 Å². The minimum Gasteiger partial charge on any atom is -0.495 e. The Morgan fingerprint density at radius 2 is 1.98 bits per heavy atom. The normalized spacial score (nSPS) is 32.4. The molecule has 5 unspecified atom stereocenters. The Morgan fingerprint density at radius 3 is 2.62 bits per heavy atom. The number of carbonyl (C=O) groups excluding carboxylic acids is 4. The summed E-state index contributed by atoms with van der Waals surface area (Å²) in [5.74, 6) is -1.43. The predicted molar refractivity (Wildman–Crippen MR) is 190 cm³/mol. The van der Waals surface area contributed by atoms with E-state index >= 15 is 0 Å². The maximum Gasteiger partial charge on any atom is 0.409 e. The summed E-state index contributed by atoms with van der Waals surface area (Å²) in [6, 6.07) is 3.42. The highest BCUT2D eigenvalue weighted by Gasteiger charge is 2.64. The lowest BCUT2D eigenvalue weighted by atomic mass is 9.83. The number of benzene rings is 1. The quantitative estimate of drug-likeness (QED) is 0.243. The smallest absolute Gasteiger partial charge is 0.409 e. The van der Waals surface area contributed by atoms with E-state index in [-0.39, 0.29) is 23.8 Å². The molecule has 15 heteroatoms. The van der Waals surface area contributed by atoms with Gasteiger partial charge in [0.1, 0.15) is 40.7 Å². The molecule has 0 saturated carbocycles. The highest BCUT2D eigenvalue weighted by atomic mass is 35.5. The summed E-state index contributed by atoms with van der Waals surface area (Å²) in [5, 5.41) is 14.4. The van der Waals surface area contributed by atoms with Gasteiger partial charge >= 0.3 is 12.1 Å². The second-order valence-electron chi connectivity index (χ2n) is 13.7. The van der Waals surface area contributed by atoms with Crippen LogP contribution in [0.15, 0.2) is 35.9 Å². The number of carbonyl (C=O) groups is 4. The fourth-order valence-electron chi connectivity index (χ4n) is 6.61. The maximum atomic E-state index is 14.1. The van der Waals surface area contributed by atoms with Gasteiger partial charge in [0, 0.05) is 50.2 Å². The van der Waals surface area contributed by atoms with Crippen molar-refractivity contribution in [1.29, 1.82) is 0 Å². The lowest BCUT2D eigenvalue weighted by molar-refractivity contribution is -0.162. The number of halogens is 1. The van der Waals surface area contributed by atoms with E-state index in [1.165, 1.54) is 24.0 Å². The highest BCUT2D eigenvalue weighted by molar-refractivity contribution is 6.35. The second-order valence-corrected chi connectivity index (χ2v) is 15.0. The number of anilines is 1. The van der Waals surface area contributed by atoms with Crippen molar-refractivity contribution in [2.24, 2.45) is 5.92 Å². The number of rotatable bonds is 7. The number of allylic oxidation sites excluding steroid dienone is 3. The van der Waals surface area contributed by atoms with Crippen molar-refractivity contribution in [3.05, 3.63) is 46.5 Å². The monoisotopic (exact) mass is 735 g/mol. The van der Waals surface area contributed by atoms with Gasteiger partial charge in [0.05, 0.1) is 25.3 Å². The van der Waals surface area contributed by atoms with Crippen LogP contribution in [-0.2, 0) is 39.8 Å². The number of amides is 3. The molecule has 4 bridgehead atoms. The predicted octanol–water partition coefficient (Wildman–Crippen LogP) is 2.69. The van der Waals surface area contributed by atoms with Crippen LogP contribution in [0.3, 0.4) is 0 Å². The molecule has 50 heavy (non-hydrogen) atoms. The summed E-state index contributed by atoms with van der Waals surface area (Å²) in [7, 11) is 6.90. The van der Waals surface area contributed by atoms with Crippen molar-refractivity contribution in [3.63, 3.8) is 0 Å². The van der Waals surface area contributed by atoms with Crippen molar-refractivity contribution in [2.45, 2.75) is 101 Å². The maximum absolute atomic E-state index is 14.1. The third-order valence-corrected chi connectivity index (χ3v) is 10.9. The van der Waals surface area contributed by atoms with E-state index in [9.17, 15) is 24.3 Å². The number of hydrogen-bond acceptors (Lipinski definition) is 10. The molecule has 0 aliphatic carbocycles. The van der Waals surface area contributed by atoms with Crippen LogP contribution in [0.1, 0.15) is 52.5 Å². The molecule has 3 aliphatic heterocycles. The van der Waals surface area contributed by atoms with Gasteiger partial charge in [0.15, 0.2) is 5.72 Å². The van der Waals surface area contributed by atoms with Crippen LogP contribution in [0.5, 0.6) is 5.75 Å².